The number of carbonyl (C=O) groups is 2. The molecule has 0 bridgehead atoms. The molecule has 1 fully saturated rings. The summed E-state index contributed by atoms with van der Waals surface area (Å²) in [6, 6.07) is 2.03. The summed E-state index contributed by atoms with van der Waals surface area (Å²) in [5.74, 6) is 0.351. The maximum atomic E-state index is 12.1. The molecule has 1 heterocycles. The molecule has 0 unspecified atom stereocenters. The van der Waals surface area contributed by atoms with Gasteiger partial charge in [0.25, 0.3) is 5.91 Å². The topological polar surface area (TPSA) is 67.4 Å². The van der Waals surface area contributed by atoms with Crippen LogP contribution in [-0.4, -0.2) is 30.5 Å². The lowest BCUT2D eigenvalue weighted by molar-refractivity contribution is -0.117. The molecule has 1 aromatic heterocycles. The highest BCUT2D eigenvalue weighted by Gasteiger charge is 2.31. The second-order valence-corrected chi connectivity index (χ2v) is 5.51. The van der Waals surface area contributed by atoms with Gasteiger partial charge in [0.05, 0.1) is 6.61 Å². The van der Waals surface area contributed by atoms with Crippen molar-refractivity contribution in [2.24, 2.45) is 0 Å². The quantitative estimate of drug-likeness (QED) is 0.785. The van der Waals surface area contributed by atoms with Crippen LogP contribution in [0.15, 0.2) is 24.1 Å². The lowest BCUT2D eigenvalue weighted by atomic mass is 9.86. The van der Waals surface area contributed by atoms with Crippen LogP contribution in [0.2, 0.25) is 0 Å². The molecule has 0 spiro atoms. The van der Waals surface area contributed by atoms with E-state index in [1.165, 1.54) is 17.4 Å². The van der Waals surface area contributed by atoms with Gasteiger partial charge in [-0.1, -0.05) is 6.58 Å². The third-order valence-corrected chi connectivity index (χ3v) is 4.03. The molecule has 0 atom stereocenters. The number of hydrogen-bond donors (Lipinski definition) is 2. The van der Waals surface area contributed by atoms with E-state index < -0.39 is 0 Å². The first kappa shape index (κ1) is 14.6. The van der Waals surface area contributed by atoms with Gasteiger partial charge in [0.15, 0.2) is 0 Å². The molecule has 6 heteroatoms. The summed E-state index contributed by atoms with van der Waals surface area (Å²) in [5, 5.41) is 7.60. The summed E-state index contributed by atoms with van der Waals surface area (Å²) < 4.78 is 5.40. The van der Waals surface area contributed by atoms with Gasteiger partial charge in [-0.15, -0.1) is 11.3 Å². The van der Waals surface area contributed by atoms with Crippen molar-refractivity contribution in [3.8, 4) is 5.75 Å². The van der Waals surface area contributed by atoms with Gasteiger partial charge in [-0.3, -0.25) is 9.59 Å². The summed E-state index contributed by atoms with van der Waals surface area (Å²) >= 11 is 1.37. The number of hydrogen-bond acceptors (Lipinski definition) is 4. The van der Waals surface area contributed by atoms with Crippen molar-refractivity contribution in [2.75, 3.05) is 6.61 Å². The van der Waals surface area contributed by atoms with Gasteiger partial charge in [0.1, 0.15) is 10.6 Å². The highest BCUT2D eigenvalue weighted by molar-refractivity contribution is 7.12. The van der Waals surface area contributed by atoms with Gasteiger partial charge < -0.3 is 15.4 Å². The zero-order valence-electron chi connectivity index (χ0n) is 11.3. The maximum absolute atomic E-state index is 12.1. The molecule has 1 aliphatic carbocycles. The lowest BCUT2D eigenvalue weighted by Gasteiger charge is -2.35. The zero-order valence-corrected chi connectivity index (χ0v) is 12.2. The lowest BCUT2D eigenvalue weighted by Crippen LogP contribution is -2.53. The van der Waals surface area contributed by atoms with Crippen LogP contribution in [0.25, 0.3) is 0 Å². The molecule has 2 rings (SSSR count). The molecule has 1 aromatic rings. The van der Waals surface area contributed by atoms with E-state index in [-0.39, 0.29) is 23.9 Å². The van der Waals surface area contributed by atoms with E-state index in [2.05, 4.69) is 17.2 Å². The van der Waals surface area contributed by atoms with Gasteiger partial charge in [0.2, 0.25) is 5.91 Å². The predicted molar refractivity (Wildman–Crippen MR) is 78.1 cm³/mol. The molecule has 0 saturated heterocycles. The second-order valence-electron chi connectivity index (χ2n) is 4.60. The Morgan fingerprint density at radius 3 is 2.80 bits per heavy atom. The number of thiophene rings is 1. The molecule has 20 heavy (non-hydrogen) atoms. The van der Waals surface area contributed by atoms with Gasteiger partial charge in [-0.2, -0.15) is 0 Å². The van der Waals surface area contributed by atoms with Crippen molar-refractivity contribution in [2.45, 2.75) is 31.8 Å². The molecule has 0 aliphatic heterocycles. The van der Waals surface area contributed by atoms with Crippen molar-refractivity contribution in [3.63, 3.8) is 0 Å². The first-order valence-electron chi connectivity index (χ1n) is 6.58. The number of rotatable bonds is 6. The van der Waals surface area contributed by atoms with Gasteiger partial charge in [-0.05, 0) is 37.3 Å². The van der Waals surface area contributed by atoms with Crippen LogP contribution in [0.5, 0.6) is 5.75 Å². The fourth-order valence-corrected chi connectivity index (χ4v) is 2.83. The third-order valence-electron chi connectivity index (χ3n) is 3.14. The van der Waals surface area contributed by atoms with Crippen LogP contribution in [0.1, 0.15) is 29.4 Å². The summed E-state index contributed by atoms with van der Waals surface area (Å²) in [6.45, 7) is 5.83. The predicted octanol–water partition coefficient (Wildman–Crippen LogP) is 1.71. The van der Waals surface area contributed by atoms with Gasteiger partial charge >= 0.3 is 0 Å². The number of carbonyl (C=O) groups excluding carboxylic acids is 2. The van der Waals surface area contributed by atoms with Crippen molar-refractivity contribution in [3.05, 3.63) is 29.0 Å². The highest BCUT2D eigenvalue weighted by Crippen LogP contribution is 2.26. The molecule has 2 N–H and O–H groups in total. The van der Waals surface area contributed by atoms with Crippen molar-refractivity contribution in [1.82, 2.24) is 10.6 Å². The van der Waals surface area contributed by atoms with E-state index >= 15 is 0 Å². The summed E-state index contributed by atoms with van der Waals surface area (Å²) in [7, 11) is 0. The first-order valence-corrected chi connectivity index (χ1v) is 7.46. The van der Waals surface area contributed by atoms with Crippen molar-refractivity contribution < 1.29 is 14.3 Å². The van der Waals surface area contributed by atoms with Crippen molar-refractivity contribution in [1.29, 1.82) is 0 Å². The standard InChI is InChI=1S/C14H18N2O3S/c1-3-12(17)15-9-7-10(8-9)16-14(18)13-11(19-4-2)5-6-20-13/h3,5-6,9-10H,1,4,7-8H2,2H3,(H,15,17)(H,16,18). The summed E-state index contributed by atoms with van der Waals surface area (Å²) in [6.07, 6.45) is 2.76. The molecule has 2 amide bonds. The molecule has 0 aromatic carbocycles. The molecular formula is C14H18N2O3S. The smallest absolute Gasteiger partial charge is 0.265 e. The fraction of sp³-hybridized carbons (Fsp3) is 0.429. The number of ether oxygens (including phenoxy) is 1. The largest absolute Gasteiger partial charge is 0.492 e. The Balaban J connectivity index is 1.80. The normalized spacial score (nSPS) is 20.6. The molecule has 5 nitrogen and oxygen atoms in total. The van der Waals surface area contributed by atoms with E-state index in [1.807, 2.05) is 12.3 Å². The van der Waals surface area contributed by atoms with Crippen LogP contribution in [0, 0.1) is 0 Å². The molecule has 0 radical (unpaired) electrons. The maximum Gasteiger partial charge on any atom is 0.265 e. The van der Waals surface area contributed by atoms with E-state index in [9.17, 15) is 9.59 Å². The van der Waals surface area contributed by atoms with Crippen LogP contribution in [0.4, 0.5) is 0 Å². The molecule has 108 valence electrons. The van der Waals surface area contributed by atoms with Crippen LogP contribution < -0.4 is 15.4 Å². The van der Waals surface area contributed by atoms with Crippen LogP contribution >= 0.6 is 11.3 Å². The first-order chi connectivity index (χ1) is 9.63. The summed E-state index contributed by atoms with van der Waals surface area (Å²) in [4.78, 5) is 23.8. The minimum absolute atomic E-state index is 0.106. The minimum atomic E-state index is -0.170. The summed E-state index contributed by atoms with van der Waals surface area (Å²) in [5.41, 5.74) is 0. The minimum Gasteiger partial charge on any atom is -0.492 e. The van der Waals surface area contributed by atoms with E-state index in [0.29, 0.717) is 17.2 Å². The van der Waals surface area contributed by atoms with Crippen LogP contribution in [-0.2, 0) is 4.79 Å². The van der Waals surface area contributed by atoms with Gasteiger partial charge in [-0.25, -0.2) is 0 Å². The van der Waals surface area contributed by atoms with E-state index in [4.69, 9.17) is 4.74 Å². The van der Waals surface area contributed by atoms with E-state index in [0.717, 1.165) is 12.8 Å². The zero-order chi connectivity index (χ0) is 14.5. The van der Waals surface area contributed by atoms with Gasteiger partial charge in [0, 0.05) is 12.1 Å². The Labute approximate surface area is 122 Å². The Kier molecular flexibility index (Phi) is 4.79. The Bertz CT molecular complexity index is 506. The van der Waals surface area contributed by atoms with Crippen LogP contribution in [0.3, 0.4) is 0 Å². The molecule has 1 saturated carbocycles. The Morgan fingerprint density at radius 1 is 1.45 bits per heavy atom. The Morgan fingerprint density at radius 2 is 2.15 bits per heavy atom. The van der Waals surface area contributed by atoms with Crippen molar-refractivity contribution >= 4 is 23.2 Å². The highest BCUT2D eigenvalue weighted by atomic mass is 32.1. The monoisotopic (exact) mass is 294 g/mol. The Hall–Kier alpha value is -1.82. The van der Waals surface area contributed by atoms with E-state index in [1.54, 1.807) is 6.07 Å². The number of amides is 2. The molecular weight excluding hydrogens is 276 g/mol. The number of nitrogens with one attached hydrogen (secondary N) is 2. The molecule has 1 aliphatic rings. The second kappa shape index (κ2) is 6.56. The third kappa shape index (κ3) is 3.39. The fourth-order valence-electron chi connectivity index (χ4n) is 2.10. The average Bonchev–Trinajstić information content (AvgIpc) is 2.84. The SMILES string of the molecule is C=CC(=O)NC1CC(NC(=O)c2sccc2OCC)C1. The average molecular weight is 294 g/mol.